The van der Waals surface area contributed by atoms with Gasteiger partial charge in [-0.2, -0.15) is 0 Å². The van der Waals surface area contributed by atoms with Crippen molar-refractivity contribution in [3.63, 3.8) is 0 Å². The predicted molar refractivity (Wildman–Crippen MR) is 272 cm³/mol. The van der Waals surface area contributed by atoms with Crippen molar-refractivity contribution in [2.24, 2.45) is 0 Å². The van der Waals surface area contributed by atoms with E-state index in [1.165, 1.54) is 109 Å². The minimum absolute atomic E-state index is 1.06. The summed E-state index contributed by atoms with van der Waals surface area (Å²) in [6.45, 7) is 0. The van der Waals surface area contributed by atoms with Crippen LogP contribution in [0.3, 0.4) is 0 Å². The number of hydrogen-bond acceptors (Lipinski definition) is 0. The van der Waals surface area contributed by atoms with Gasteiger partial charge in [0.25, 0.3) is 0 Å². The second-order valence-corrected chi connectivity index (χ2v) is 17.5. The van der Waals surface area contributed by atoms with E-state index in [0.29, 0.717) is 0 Å². The molecule has 3 heteroatoms. The number of hydrogen-bond donors (Lipinski definition) is 0. The number of fused-ring (bicyclic) bond motifs is 11. The van der Waals surface area contributed by atoms with E-state index in [-0.39, 0.29) is 0 Å². The second kappa shape index (κ2) is 14.2. The van der Waals surface area contributed by atoms with Crippen molar-refractivity contribution in [1.29, 1.82) is 0 Å². The lowest BCUT2D eigenvalue weighted by molar-refractivity contribution is 1.18. The Balaban J connectivity index is 1.17. The van der Waals surface area contributed by atoms with Crippen LogP contribution < -0.4 is 0 Å². The fraction of sp³-hybridized carbons (Fsp3) is 0. The zero-order valence-electron chi connectivity index (χ0n) is 34.1. The maximum atomic E-state index is 3.91. The third kappa shape index (κ3) is 5.56. The highest BCUT2D eigenvalue weighted by Gasteiger charge is 2.22. The van der Waals surface area contributed by atoms with Crippen LogP contribution in [0.1, 0.15) is 0 Å². The molecule has 2 heterocycles. The lowest BCUT2D eigenvalue weighted by Gasteiger charge is -2.17. The van der Waals surface area contributed by atoms with E-state index in [1.807, 2.05) is 0 Å². The van der Waals surface area contributed by atoms with Crippen molar-refractivity contribution in [3.05, 3.63) is 229 Å². The van der Waals surface area contributed by atoms with Crippen LogP contribution >= 0.6 is 15.9 Å². The van der Waals surface area contributed by atoms with Crippen LogP contribution in [0.25, 0.3) is 121 Å². The Labute approximate surface area is 372 Å². The summed E-state index contributed by atoms with van der Waals surface area (Å²) in [4.78, 5) is 0. The third-order valence-corrected chi connectivity index (χ3v) is 13.5. The maximum absolute atomic E-state index is 3.91. The minimum Gasteiger partial charge on any atom is -0.309 e. The van der Waals surface area contributed by atoms with Gasteiger partial charge < -0.3 is 9.13 Å². The molecule has 0 amide bonds. The number of benzene rings is 11. The summed E-state index contributed by atoms with van der Waals surface area (Å²) < 4.78 is 5.94. The van der Waals surface area contributed by atoms with E-state index in [4.69, 9.17) is 0 Å². The molecule has 0 N–H and O–H groups in total. The number of nitrogens with zero attached hydrogens (tertiary/aromatic N) is 2. The number of para-hydroxylation sites is 4. The van der Waals surface area contributed by atoms with Gasteiger partial charge in [-0.15, -0.1) is 0 Å². The predicted octanol–water partition coefficient (Wildman–Crippen LogP) is 17.1. The van der Waals surface area contributed by atoms with Gasteiger partial charge in [-0.05, 0) is 139 Å². The molecule has 294 valence electrons. The SMILES string of the molecule is Brc1cc(-c2cc(-c3cc4c(c5ccccc35)c3ccccc3n4-c3ccccc3)cc(-c3cc4c5ccccc5n(-c5ccccc5)c4c4ccccc34)c2)c2ccccc2c1. The van der Waals surface area contributed by atoms with Crippen LogP contribution in [-0.2, 0) is 0 Å². The van der Waals surface area contributed by atoms with Crippen LogP contribution in [0.2, 0.25) is 0 Å². The summed E-state index contributed by atoms with van der Waals surface area (Å²) in [6, 6.07) is 82.6. The summed E-state index contributed by atoms with van der Waals surface area (Å²) in [6.07, 6.45) is 0. The lowest BCUT2D eigenvalue weighted by Crippen LogP contribution is -1.95. The molecule has 0 atom stereocenters. The fourth-order valence-electron chi connectivity index (χ4n) is 10.4. The van der Waals surface area contributed by atoms with Crippen LogP contribution in [0.4, 0.5) is 0 Å². The standard InChI is InChI=1S/C60H37BrN2/c61-42-34-38-17-7-8-22-45(38)52(35-42)39-31-40(53-36-55-48-25-13-15-29-56(48)63(44-20-5-2-6-21-44)60(55)50-27-12-10-24-47(50)53)33-41(32-39)54-37-58-59(49-26-11-9-23-46(49)54)51-28-14-16-30-57(51)62(58)43-18-3-1-4-19-43/h1-37H. The molecule has 63 heavy (non-hydrogen) atoms. The molecular weight excluding hydrogens is 829 g/mol. The van der Waals surface area contributed by atoms with Crippen LogP contribution in [0.15, 0.2) is 229 Å². The Morgan fingerprint density at radius 1 is 0.286 bits per heavy atom. The molecule has 0 radical (unpaired) electrons. The Bertz CT molecular complexity index is 3970. The van der Waals surface area contributed by atoms with Gasteiger partial charge in [-0.25, -0.2) is 0 Å². The third-order valence-electron chi connectivity index (χ3n) is 13.1. The first-order valence-electron chi connectivity index (χ1n) is 21.5. The van der Waals surface area contributed by atoms with Crippen LogP contribution in [0.5, 0.6) is 0 Å². The zero-order valence-corrected chi connectivity index (χ0v) is 35.7. The highest BCUT2D eigenvalue weighted by Crippen LogP contribution is 2.46. The smallest absolute Gasteiger partial charge is 0.0619 e. The molecule has 0 bridgehead atoms. The van der Waals surface area contributed by atoms with Crippen molar-refractivity contribution < 1.29 is 0 Å². The monoisotopic (exact) mass is 864 g/mol. The average Bonchev–Trinajstić information content (AvgIpc) is 3.87. The van der Waals surface area contributed by atoms with Gasteiger partial charge in [0, 0.05) is 42.8 Å². The van der Waals surface area contributed by atoms with E-state index >= 15 is 0 Å². The van der Waals surface area contributed by atoms with E-state index in [2.05, 4.69) is 250 Å². The quantitative estimate of drug-likeness (QED) is 0.163. The van der Waals surface area contributed by atoms with Crippen molar-refractivity contribution >= 4 is 91.9 Å². The Kier molecular flexibility index (Phi) is 8.09. The molecule has 2 aromatic heterocycles. The maximum Gasteiger partial charge on any atom is 0.0619 e. The molecule has 0 saturated carbocycles. The highest BCUT2D eigenvalue weighted by atomic mass is 79.9. The Morgan fingerprint density at radius 2 is 0.746 bits per heavy atom. The van der Waals surface area contributed by atoms with Crippen molar-refractivity contribution in [2.75, 3.05) is 0 Å². The van der Waals surface area contributed by atoms with E-state index in [0.717, 1.165) is 15.8 Å². The molecule has 13 aromatic rings. The average molecular weight is 866 g/mol. The molecule has 0 spiro atoms. The molecule has 0 unspecified atom stereocenters. The molecule has 11 aromatic carbocycles. The van der Waals surface area contributed by atoms with Crippen molar-refractivity contribution in [1.82, 2.24) is 9.13 Å². The lowest BCUT2D eigenvalue weighted by atomic mass is 9.87. The second-order valence-electron chi connectivity index (χ2n) is 16.6. The van der Waals surface area contributed by atoms with Crippen molar-refractivity contribution in [2.45, 2.75) is 0 Å². The number of aromatic nitrogens is 2. The largest absolute Gasteiger partial charge is 0.309 e. The first-order chi connectivity index (χ1) is 31.2. The summed E-state index contributed by atoms with van der Waals surface area (Å²) in [5.41, 5.74) is 14.2. The molecule has 0 saturated heterocycles. The Morgan fingerprint density at radius 3 is 1.41 bits per heavy atom. The van der Waals surface area contributed by atoms with Gasteiger partial charge in [-0.3, -0.25) is 0 Å². The summed E-state index contributed by atoms with van der Waals surface area (Å²) in [7, 11) is 0. The topological polar surface area (TPSA) is 9.86 Å². The molecule has 0 aliphatic carbocycles. The van der Waals surface area contributed by atoms with Gasteiger partial charge >= 0.3 is 0 Å². The number of rotatable bonds is 5. The summed E-state index contributed by atoms with van der Waals surface area (Å²) >= 11 is 3.91. The van der Waals surface area contributed by atoms with Gasteiger partial charge in [0.1, 0.15) is 0 Å². The van der Waals surface area contributed by atoms with Crippen LogP contribution in [0, 0.1) is 0 Å². The van der Waals surface area contributed by atoms with E-state index < -0.39 is 0 Å². The first kappa shape index (κ1) is 36.0. The van der Waals surface area contributed by atoms with Crippen LogP contribution in [-0.4, -0.2) is 9.13 Å². The highest BCUT2D eigenvalue weighted by molar-refractivity contribution is 9.10. The molecule has 0 aliphatic rings. The zero-order chi connectivity index (χ0) is 41.6. The van der Waals surface area contributed by atoms with Crippen molar-refractivity contribution in [3.8, 4) is 44.8 Å². The minimum atomic E-state index is 1.06. The summed E-state index contributed by atoms with van der Waals surface area (Å²) in [5, 5.41) is 12.3. The Hall–Kier alpha value is -7.72. The van der Waals surface area contributed by atoms with Gasteiger partial charge in [-0.1, -0.05) is 162 Å². The summed E-state index contributed by atoms with van der Waals surface area (Å²) in [5.74, 6) is 0. The fourth-order valence-corrected chi connectivity index (χ4v) is 10.9. The van der Waals surface area contributed by atoms with E-state index in [9.17, 15) is 0 Å². The molecule has 0 fully saturated rings. The molecule has 0 aliphatic heterocycles. The molecule has 13 rings (SSSR count). The molecule has 2 nitrogen and oxygen atoms in total. The van der Waals surface area contributed by atoms with E-state index in [1.54, 1.807) is 0 Å². The van der Waals surface area contributed by atoms with Gasteiger partial charge in [0.05, 0.1) is 22.1 Å². The van der Waals surface area contributed by atoms with Gasteiger partial charge in [0.2, 0.25) is 0 Å². The first-order valence-corrected chi connectivity index (χ1v) is 22.3. The van der Waals surface area contributed by atoms with Gasteiger partial charge in [0.15, 0.2) is 0 Å². The normalized spacial score (nSPS) is 11.9. The molecular formula is C60H37BrN2. The number of halogens is 1.